The van der Waals surface area contributed by atoms with Gasteiger partial charge in [0.05, 0.1) is 5.69 Å². The predicted molar refractivity (Wildman–Crippen MR) is 52.1 cm³/mol. The molecule has 0 spiro atoms. The maximum absolute atomic E-state index is 11.3. The number of rotatable bonds is 2. The SMILES string of the molecule is CC(=O)c1c(C)nc(C)n1C(C)C. The summed E-state index contributed by atoms with van der Waals surface area (Å²) in [5, 5.41) is 0. The van der Waals surface area contributed by atoms with Crippen molar-refractivity contribution in [1.82, 2.24) is 9.55 Å². The average Bonchev–Trinajstić information content (AvgIpc) is 2.24. The molecule has 0 aliphatic carbocycles. The van der Waals surface area contributed by atoms with Gasteiger partial charge in [-0.25, -0.2) is 4.98 Å². The summed E-state index contributed by atoms with van der Waals surface area (Å²) < 4.78 is 1.98. The van der Waals surface area contributed by atoms with Gasteiger partial charge in [-0.3, -0.25) is 4.79 Å². The molecule has 0 unspecified atom stereocenters. The van der Waals surface area contributed by atoms with Gasteiger partial charge >= 0.3 is 0 Å². The standard InChI is InChI=1S/C10H16N2O/c1-6(2)12-9(5)11-7(3)10(12)8(4)13/h6H,1-5H3. The van der Waals surface area contributed by atoms with Crippen molar-refractivity contribution in [3.63, 3.8) is 0 Å². The summed E-state index contributed by atoms with van der Waals surface area (Å²) in [7, 11) is 0. The minimum absolute atomic E-state index is 0.0896. The molecule has 0 N–H and O–H groups in total. The molecule has 1 rings (SSSR count). The molecule has 0 fully saturated rings. The van der Waals surface area contributed by atoms with Crippen LogP contribution < -0.4 is 0 Å². The van der Waals surface area contributed by atoms with Gasteiger partial charge in [-0.15, -0.1) is 0 Å². The van der Waals surface area contributed by atoms with Crippen LogP contribution in [0.5, 0.6) is 0 Å². The Morgan fingerprint density at radius 2 is 1.92 bits per heavy atom. The van der Waals surface area contributed by atoms with E-state index < -0.39 is 0 Å². The van der Waals surface area contributed by atoms with Gasteiger partial charge in [0, 0.05) is 13.0 Å². The van der Waals surface area contributed by atoms with Crippen LogP contribution in [0, 0.1) is 13.8 Å². The third-order valence-corrected chi connectivity index (χ3v) is 2.11. The Balaban J connectivity index is 3.38. The molecule has 0 saturated carbocycles. The highest BCUT2D eigenvalue weighted by atomic mass is 16.1. The fourth-order valence-corrected chi connectivity index (χ4v) is 1.74. The number of carbonyl (C=O) groups excluding carboxylic acids is 1. The maximum Gasteiger partial charge on any atom is 0.178 e. The van der Waals surface area contributed by atoms with Crippen LogP contribution in [0.3, 0.4) is 0 Å². The van der Waals surface area contributed by atoms with E-state index in [-0.39, 0.29) is 5.78 Å². The number of imidazole rings is 1. The van der Waals surface area contributed by atoms with E-state index in [9.17, 15) is 4.79 Å². The van der Waals surface area contributed by atoms with Gasteiger partial charge in [0.2, 0.25) is 0 Å². The van der Waals surface area contributed by atoms with Crippen LogP contribution >= 0.6 is 0 Å². The van der Waals surface area contributed by atoms with E-state index in [0.717, 1.165) is 17.2 Å². The second-order valence-corrected chi connectivity index (χ2v) is 3.61. The Labute approximate surface area is 78.8 Å². The third kappa shape index (κ3) is 1.64. The Morgan fingerprint density at radius 1 is 1.38 bits per heavy atom. The monoisotopic (exact) mass is 180 g/mol. The summed E-state index contributed by atoms with van der Waals surface area (Å²) in [6, 6.07) is 0.292. The summed E-state index contributed by atoms with van der Waals surface area (Å²) in [4.78, 5) is 15.6. The van der Waals surface area contributed by atoms with Crippen LogP contribution in [0.25, 0.3) is 0 Å². The summed E-state index contributed by atoms with van der Waals surface area (Å²) in [5.74, 6) is 1.00. The zero-order valence-corrected chi connectivity index (χ0v) is 8.88. The van der Waals surface area contributed by atoms with Crippen molar-refractivity contribution < 1.29 is 4.79 Å². The molecule has 3 heteroatoms. The first-order valence-electron chi connectivity index (χ1n) is 4.51. The van der Waals surface area contributed by atoms with E-state index in [1.54, 1.807) is 6.92 Å². The number of hydrogen-bond donors (Lipinski definition) is 0. The molecule has 1 heterocycles. The first kappa shape index (κ1) is 9.96. The number of ketones is 1. The molecular weight excluding hydrogens is 164 g/mol. The topological polar surface area (TPSA) is 34.9 Å². The number of aromatic nitrogens is 2. The van der Waals surface area contributed by atoms with E-state index in [4.69, 9.17) is 0 Å². The van der Waals surface area contributed by atoms with Crippen molar-refractivity contribution in [1.29, 1.82) is 0 Å². The predicted octanol–water partition coefficient (Wildman–Crippen LogP) is 2.28. The van der Waals surface area contributed by atoms with Crippen LogP contribution in [0.1, 0.15) is 48.8 Å². The maximum atomic E-state index is 11.3. The average molecular weight is 180 g/mol. The molecule has 0 aliphatic heterocycles. The number of Topliss-reactive ketones (excluding diaryl/α,β-unsaturated/α-hetero) is 1. The zero-order valence-electron chi connectivity index (χ0n) is 8.88. The summed E-state index contributed by atoms with van der Waals surface area (Å²) >= 11 is 0. The quantitative estimate of drug-likeness (QED) is 0.654. The van der Waals surface area contributed by atoms with Crippen molar-refractivity contribution in [3.8, 4) is 0 Å². The van der Waals surface area contributed by atoms with Gasteiger partial charge in [0.15, 0.2) is 5.78 Å². The lowest BCUT2D eigenvalue weighted by atomic mass is 10.2. The van der Waals surface area contributed by atoms with Crippen molar-refractivity contribution in [2.24, 2.45) is 0 Å². The van der Waals surface area contributed by atoms with E-state index in [1.807, 2.05) is 18.4 Å². The first-order chi connectivity index (χ1) is 5.95. The molecule has 0 radical (unpaired) electrons. The number of carbonyl (C=O) groups is 1. The highest BCUT2D eigenvalue weighted by Crippen LogP contribution is 2.17. The summed E-state index contributed by atoms with van der Waals surface area (Å²) in [6.45, 7) is 9.51. The zero-order chi connectivity index (χ0) is 10.2. The molecule has 0 amide bonds. The van der Waals surface area contributed by atoms with E-state index in [1.165, 1.54) is 0 Å². The van der Waals surface area contributed by atoms with Crippen LogP contribution in [0.2, 0.25) is 0 Å². The van der Waals surface area contributed by atoms with Crippen molar-refractivity contribution in [2.75, 3.05) is 0 Å². The number of aryl methyl sites for hydroxylation is 2. The Morgan fingerprint density at radius 3 is 2.23 bits per heavy atom. The molecule has 0 aromatic carbocycles. The third-order valence-electron chi connectivity index (χ3n) is 2.11. The molecule has 0 aliphatic rings. The Bertz CT molecular complexity index is 337. The van der Waals surface area contributed by atoms with Crippen LogP contribution in [-0.4, -0.2) is 15.3 Å². The highest BCUT2D eigenvalue weighted by molar-refractivity contribution is 5.93. The molecular formula is C10H16N2O. The molecule has 0 bridgehead atoms. The largest absolute Gasteiger partial charge is 0.323 e. The summed E-state index contributed by atoms with van der Waals surface area (Å²) in [5.41, 5.74) is 1.58. The molecule has 1 aromatic rings. The minimum Gasteiger partial charge on any atom is -0.323 e. The molecule has 72 valence electrons. The Kier molecular flexibility index (Phi) is 2.55. The van der Waals surface area contributed by atoms with Crippen LogP contribution in [-0.2, 0) is 0 Å². The second-order valence-electron chi connectivity index (χ2n) is 3.61. The minimum atomic E-state index is 0.0896. The molecule has 3 nitrogen and oxygen atoms in total. The van der Waals surface area contributed by atoms with Gasteiger partial charge in [0.1, 0.15) is 11.5 Å². The molecule has 1 aromatic heterocycles. The van der Waals surface area contributed by atoms with Crippen molar-refractivity contribution in [3.05, 3.63) is 17.2 Å². The van der Waals surface area contributed by atoms with Crippen LogP contribution in [0.4, 0.5) is 0 Å². The Hall–Kier alpha value is -1.12. The van der Waals surface area contributed by atoms with Gasteiger partial charge in [-0.2, -0.15) is 0 Å². The smallest absolute Gasteiger partial charge is 0.178 e. The van der Waals surface area contributed by atoms with Gasteiger partial charge in [0.25, 0.3) is 0 Å². The van der Waals surface area contributed by atoms with E-state index >= 15 is 0 Å². The molecule has 0 atom stereocenters. The van der Waals surface area contributed by atoms with Gasteiger partial charge in [-0.05, 0) is 27.7 Å². The van der Waals surface area contributed by atoms with Gasteiger partial charge in [-0.1, -0.05) is 0 Å². The first-order valence-corrected chi connectivity index (χ1v) is 4.51. The fourth-order valence-electron chi connectivity index (χ4n) is 1.74. The lowest BCUT2D eigenvalue weighted by Gasteiger charge is -2.12. The van der Waals surface area contributed by atoms with E-state index in [0.29, 0.717) is 6.04 Å². The molecule has 13 heavy (non-hydrogen) atoms. The van der Waals surface area contributed by atoms with Crippen LogP contribution in [0.15, 0.2) is 0 Å². The lowest BCUT2D eigenvalue weighted by Crippen LogP contribution is -2.11. The molecule has 0 saturated heterocycles. The van der Waals surface area contributed by atoms with Crippen molar-refractivity contribution in [2.45, 2.75) is 40.7 Å². The lowest BCUT2D eigenvalue weighted by molar-refractivity contribution is 0.100. The normalized spacial score (nSPS) is 10.9. The number of nitrogens with zero attached hydrogens (tertiary/aromatic N) is 2. The van der Waals surface area contributed by atoms with E-state index in [2.05, 4.69) is 18.8 Å². The summed E-state index contributed by atoms with van der Waals surface area (Å²) in [6.07, 6.45) is 0. The fraction of sp³-hybridized carbons (Fsp3) is 0.600. The highest BCUT2D eigenvalue weighted by Gasteiger charge is 2.16. The number of hydrogen-bond acceptors (Lipinski definition) is 2. The van der Waals surface area contributed by atoms with Gasteiger partial charge < -0.3 is 4.57 Å². The van der Waals surface area contributed by atoms with Crippen molar-refractivity contribution >= 4 is 5.78 Å². The second kappa shape index (κ2) is 3.32.